The Labute approximate surface area is 153 Å². The molecule has 2 fully saturated rings. The van der Waals surface area contributed by atoms with Gasteiger partial charge in [-0.15, -0.1) is 0 Å². The molecule has 1 aromatic rings. The highest BCUT2D eigenvalue weighted by Crippen LogP contribution is 2.36. The van der Waals surface area contributed by atoms with Crippen LogP contribution in [0.2, 0.25) is 5.02 Å². The van der Waals surface area contributed by atoms with Crippen molar-refractivity contribution >= 4 is 23.3 Å². The minimum atomic E-state index is -0.310. The van der Waals surface area contributed by atoms with Crippen molar-refractivity contribution in [2.24, 2.45) is 5.41 Å². The number of aliphatic hydroxyl groups is 1. The van der Waals surface area contributed by atoms with Crippen LogP contribution in [-0.2, 0) is 4.74 Å². The van der Waals surface area contributed by atoms with Gasteiger partial charge in [0.2, 0.25) is 0 Å². The molecule has 138 valence electrons. The second-order valence-electron chi connectivity index (χ2n) is 7.23. The van der Waals surface area contributed by atoms with Crippen LogP contribution in [0.25, 0.3) is 0 Å². The van der Waals surface area contributed by atoms with Gasteiger partial charge in [-0.2, -0.15) is 0 Å². The Bertz CT molecular complexity index is 622. The van der Waals surface area contributed by atoms with Crippen LogP contribution < -0.4 is 5.32 Å². The van der Waals surface area contributed by atoms with Crippen LogP contribution >= 0.6 is 11.6 Å². The summed E-state index contributed by atoms with van der Waals surface area (Å²) in [5.41, 5.74) is 0.312. The Morgan fingerprint density at radius 1 is 1.48 bits per heavy atom. The number of anilines is 1. The van der Waals surface area contributed by atoms with Crippen molar-refractivity contribution in [1.82, 2.24) is 9.88 Å². The summed E-state index contributed by atoms with van der Waals surface area (Å²) in [5, 5.41) is 14.0. The molecule has 0 aromatic carbocycles. The second-order valence-corrected chi connectivity index (χ2v) is 7.64. The number of rotatable bonds is 4. The van der Waals surface area contributed by atoms with Crippen molar-refractivity contribution in [3.8, 4) is 0 Å². The van der Waals surface area contributed by atoms with E-state index in [1.165, 1.54) is 0 Å². The van der Waals surface area contributed by atoms with E-state index >= 15 is 0 Å². The van der Waals surface area contributed by atoms with Gasteiger partial charge in [0.05, 0.1) is 29.9 Å². The third-order valence-electron chi connectivity index (χ3n) is 5.33. The highest BCUT2D eigenvalue weighted by atomic mass is 35.5. The van der Waals surface area contributed by atoms with Gasteiger partial charge in [0.25, 0.3) is 5.91 Å². The van der Waals surface area contributed by atoms with Crippen LogP contribution in [0.1, 0.15) is 43.0 Å². The van der Waals surface area contributed by atoms with Gasteiger partial charge in [-0.1, -0.05) is 31.4 Å². The predicted octanol–water partition coefficient (Wildman–Crippen LogP) is 2.56. The molecule has 2 unspecified atom stereocenters. The number of morpholine rings is 1. The summed E-state index contributed by atoms with van der Waals surface area (Å²) in [7, 11) is 0. The number of hydrogen-bond donors (Lipinski definition) is 2. The lowest BCUT2D eigenvalue weighted by molar-refractivity contribution is 0.00958. The van der Waals surface area contributed by atoms with Gasteiger partial charge in [0.1, 0.15) is 5.82 Å². The van der Waals surface area contributed by atoms with E-state index in [4.69, 9.17) is 16.3 Å². The van der Waals surface area contributed by atoms with Crippen LogP contribution in [0.4, 0.5) is 5.82 Å². The first-order valence-electron chi connectivity index (χ1n) is 8.94. The molecule has 25 heavy (non-hydrogen) atoms. The van der Waals surface area contributed by atoms with E-state index < -0.39 is 0 Å². The van der Waals surface area contributed by atoms with E-state index in [2.05, 4.69) is 17.2 Å². The monoisotopic (exact) mass is 367 g/mol. The van der Waals surface area contributed by atoms with Gasteiger partial charge in [0.15, 0.2) is 0 Å². The zero-order valence-electron chi connectivity index (χ0n) is 14.6. The Balaban J connectivity index is 1.64. The maximum absolute atomic E-state index is 12.5. The smallest absolute Gasteiger partial charge is 0.255 e. The molecule has 2 heterocycles. The van der Waals surface area contributed by atoms with Crippen LogP contribution in [0.15, 0.2) is 12.3 Å². The normalized spacial score (nSPS) is 27.2. The fourth-order valence-electron chi connectivity index (χ4n) is 3.51. The largest absolute Gasteiger partial charge is 0.392 e. The molecule has 1 amide bonds. The summed E-state index contributed by atoms with van der Waals surface area (Å²) in [4.78, 5) is 18.6. The average Bonchev–Trinajstić information content (AvgIpc) is 2.63. The molecule has 1 aliphatic heterocycles. The van der Waals surface area contributed by atoms with Crippen molar-refractivity contribution in [2.45, 2.75) is 38.7 Å². The molecule has 6 nitrogen and oxygen atoms in total. The molecule has 2 atom stereocenters. The van der Waals surface area contributed by atoms with E-state index in [-0.39, 0.29) is 17.4 Å². The zero-order chi connectivity index (χ0) is 17.9. The maximum Gasteiger partial charge on any atom is 0.255 e. The molecule has 2 aliphatic rings. The summed E-state index contributed by atoms with van der Waals surface area (Å²) in [6.45, 7) is 5.01. The van der Waals surface area contributed by atoms with Crippen molar-refractivity contribution in [3.05, 3.63) is 22.8 Å². The number of amides is 1. The fourth-order valence-corrected chi connectivity index (χ4v) is 3.74. The van der Waals surface area contributed by atoms with E-state index in [0.717, 1.165) is 25.7 Å². The molecule has 1 saturated heterocycles. The zero-order valence-corrected chi connectivity index (χ0v) is 15.4. The van der Waals surface area contributed by atoms with E-state index in [1.807, 2.05) is 0 Å². The van der Waals surface area contributed by atoms with Crippen molar-refractivity contribution < 1.29 is 14.6 Å². The number of halogens is 1. The molecule has 0 radical (unpaired) electrons. The molecule has 7 heteroatoms. The van der Waals surface area contributed by atoms with Gasteiger partial charge in [0, 0.05) is 31.2 Å². The highest BCUT2D eigenvalue weighted by Gasteiger charge is 2.35. The van der Waals surface area contributed by atoms with Gasteiger partial charge in [-0.3, -0.25) is 4.79 Å². The van der Waals surface area contributed by atoms with Crippen LogP contribution in [-0.4, -0.2) is 59.8 Å². The lowest BCUT2D eigenvalue weighted by Gasteiger charge is -2.38. The molecular weight excluding hydrogens is 342 g/mol. The Kier molecular flexibility index (Phi) is 5.81. The Morgan fingerprint density at radius 3 is 2.92 bits per heavy atom. The topological polar surface area (TPSA) is 74.7 Å². The van der Waals surface area contributed by atoms with Gasteiger partial charge >= 0.3 is 0 Å². The van der Waals surface area contributed by atoms with Crippen LogP contribution in [0.3, 0.4) is 0 Å². The number of nitrogens with one attached hydrogen (secondary N) is 1. The lowest BCUT2D eigenvalue weighted by atomic mass is 9.73. The standard InChI is InChI=1S/C18H26ClN3O3/c1-18(5-3-2-4-15(18)23)12-21-16-14(19)10-13(11-20-16)17(24)22-6-8-25-9-7-22/h10-11,15,23H,2-9,12H2,1H3,(H,20,21). The molecular formula is C18H26ClN3O3. The number of aromatic nitrogens is 1. The van der Waals surface area contributed by atoms with Gasteiger partial charge < -0.3 is 20.1 Å². The first kappa shape index (κ1) is 18.4. The number of pyridine rings is 1. The number of carbonyl (C=O) groups is 1. The Morgan fingerprint density at radius 2 is 2.24 bits per heavy atom. The molecule has 0 bridgehead atoms. The van der Waals surface area contributed by atoms with Gasteiger partial charge in [-0.25, -0.2) is 4.98 Å². The molecule has 0 spiro atoms. The van der Waals surface area contributed by atoms with Crippen molar-refractivity contribution in [3.63, 3.8) is 0 Å². The summed E-state index contributed by atoms with van der Waals surface area (Å²) in [5.74, 6) is 0.484. The van der Waals surface area contributed by atoms with Crippen molar-refractivity contribution in [1.29, 1.82) is 0 Å². The number of nitrogens with zero attached hydrogens (tertiary/aromatic N) is 2. The van der Waals surface area contributed by atoms with Crippen LogP contribution in [0, 0.1) is 5.41 Å². The van der Waals surface area contributed by atoms with E-state index in [1.54, 1.807) is 17.2 Å². The third-order valence-corrected chi connectivity index (χ3v) is 5.61. The molecule has 2 N–H and O–H groups in total. The fraction of sp³-hybridized carbons (Fsp3) is 0.667. The summed E-state index contributed by atoms with van der Waals surface area (Å²) in [6.07, 6.45) is 5.27. The summed E-state index contributed by atoms with van der Waals surface area (Å²) < 4.78 is 5.27. The van der Waals surface area contributed by atoms with Crippen LogP contribution in [0.5, 0.6) is 0 Å². The van der Waals surface area contributed by atoms with Crippen molar-refractivity contribution in [2.75, 3.05) is 38.2 Å². The first-order chi connectivity index (χ1) is 12.0. The van der Waals surface area contributed by atoms with E-state index in [9.17, 15) is 9.90 Å². The SMILES string of the molecule is CC1(CNc2ncc(C(=O)N3CCOCC3)cc2Cl)CCCCC1O. The summed E-state index contributed by atoms with van der Waals surface area (Å²) >= 11 is 6.33. The molecule has 1 aliphatic carbocycles. The maximum atomic E-state index is 12.5. The first-order valence-corrected chi connectivity index (χ1v) is 9.32. The predicted molar refractivity (Wildman–Crippen MR) is 97.0 cm³/mol. The molecule has 1 aromatic heterocycles. The minimum Gasteiger partial charge on any atom is -0.392 e. The third kappa shape index (κ3) is 4.25. The van der Waals surface area contributed by atoms with E-state index in [0.29, 0.717) is 49.3 Å². The average molecular weight is 368 g/mol. The minimum absolute atomic E-state index is 0.0704. The second kappa shape index (κ2) is 7.89. The number of ether oxygens (including phenoxy) is 1. The number of carbonyl (C=O) groups excluding carboxylic acids is 1. The Hall–Kier alpha value is -1.37. The number of aliphatic hydroxyl groups excluding tert-OH is 1. The highest BCUT2D eigenvalue weighted by molar-refractivity contribution is 6.33. The van der Waals surface area contributed by atoms with Gasteiger partial charge in [-0.05, 0) is 18.9 Å². The number of hydrogen-bond acceptors (Lipinski definition) is 5. The summed E-state index contributed by atoms with van der Waals surface area (Å²) in [6, 6.07) is 1.66. The quantitative estimate of drug-likeness (QED) is 0.855. The molecule has 1 saturated carbocycles. The molecule has 3 rings (SSSR count). The lowest BCUT2D eigenvalue weighted by Crippen LogP contribution is -2.41.